The van der Waals surface area contributed by atoms with Crippen molar-refractivity contribution in [1.82, 2.24) is 4.98 Å². The van der Waals surface area contributed by atoms with Crippen molar-refractivity contribution in [2.45, 2.75) is 25.9 Å². The summed E-state index contributed by atoms with van der Waals surface area (Å²) in [5.41, 5.74) is 0.855. The van der Waals surface area contributed by atoms with Crippen molar-refractivity contribution in [2.24, 2.45) is 5.92 Å². The van der Waals surface area contributed by atoms with Gasteiger partial charge in [-0.3, -0.25) is 0 Å². The molecular formula is C14H22N2O2. The van der Waals surface area contributed by atoms with E-state index in [2.05, 4.69) is 16.9 Å². The van der Waals surface area contributed by atoms with Crippen LogP contribution in [0, 0.1) is 5.92 Å². The largest absolute Gasteiger partial charge is 0.389 e. The van der Waals surface area contributed by atoms with Crippen molar-refractivity contribution in [3.8, 4) is 0 Å². The van der Waals surface area contributed by atoms with Gasteiger partial charge in [0.2, 0.25) is 0 Å². The zero-order valence-corrected chi connectivity index (χ0v) is 11.2. The standard InChI is InChI=1S/C14H22N2O2/c1-11(17)13-5-6-14(15-8-13)16(2)9-12-4-3-7-18-10-12/h5-6,8,11-12,17H,3-4,7,9-10H2,1-2H3/t11-,12?/m0/s1. The van der Waals surface area contributed by atoms with Crippen molar-refractivity contribution >= 4 is 5.82 Å². The number of rotatable bonds is 4. The first-order chi connectivity index (χ1) is 8.66. The maximum atomic E-state index is 9.44. The molecule has 1 fully saturated rings. The van der Waals surface area contributed by atoms with Crippen molar-refractivity contribution in [2.75, 3.05) is 31.7 Å². The fourth-order valence-electron chi connectivity index (χ4n) is 2.30. The van der Waals surface area contributed by atoms with Gasteiger partial charge in [0.25, 0.3) is 0 Å². The Hall–Kier alpha value is -1.13. The Morgan fingerprint density at radius 2 is 2.39 bits per heavy atom. The Bertz CT molecular complexity index is 359. The minimum absolute atomic E-state index is 0.455. The van der Waals surface area contributed by atoms with Crippen LogP contribution < -0.4 is 4.90 Å². The molecule has 4 heteroatoms. The molecule has 18 heavy (non-hydrogen) atoms. The highest BCUT2D eigenvalue weighted by atomic mass is 16.5. The van der Waals surface area contributed by atoms with Gasteiger partial charge in [0.15, 0.2) is 0 Å². The first-order valence-electron chi connectivity index (χ1n) is 6.59. The fourth-order valence-corrected chi connectivity index (χ4v) is 2.30. The lowest BCUT2D eigenvalue weighted by molar-refractivity contribution is 0.0576. The second-order valence-electron chi connectivity index (χ2n) is 5.09. The molecule has 1 unspecified atom stereocenters. The van der Waals surface area contributed by atoms with Gasteiger partial charge in [-0.05, 0) is 37.3 Å². The Morgan fingerprint density at radius 3 is 2.94 bits per heavy atom. The Balaban J connectivity index is 1.93. The number of hydrogen-bond donors (Lipinski definition) is 1. The SMILES string of the molecule is C[C@H](O)c1ccc(N(C)CC2CCCOC2)nc1. The molecule has 1 aromatic heterocycles. The predicted molar refractivity (Wildman–Crippen MR) is 71.7 cm³/mol. The van der Waals surface area contributed by atoms with E-state index >= 15 is 0 Å². The van der Waals surface area contributed by atoms with E-state index in [-0.39, 0.29) is 0 Å². The van der Waals surface area contributed by atoms with Gasteiger partial charge < -0.3 is 14.7 Å². The van der Waals surface area contributed by atoms with E-state index < -0.39 is 6.10 Å². The molecule has 1 N–H and O–H groups in total. The van der Waals surface area contributed by atoms with Gasteiger partial charge in [-0.25, -0.2) is 4.98 Å². The Labute approximate surface area is 109 Å². The number of aliphatic hydroxyl groups is 1. The van der Waals surface area contributed by atoms with Gasteiger partial charge in [0.1, 0.15) is 5.82 Å². The summed E-state index contributed by atoms with van der Waals surface area (Å²) in [5.74, 6) is 1.55. The third-order valence-corrected chi connectivity index (χ3v) is 3.43. The van der Waals surface area contributed by atoms with E-state index in [0.29, 0.717) is 5.92 Å². The summed E-state index contributed by atoms with van der Waals surface area (Å²) in [4.78, 5) is 6.55. The number of pyridine rings is 1. The average molecular weight is 250 g/mol. The van der Waals surface area contributed by atoms with Crippen LogP contribution in [-0.2, 0) is 4.74 Å². The molecule has 2 atom stereocenters. The third kappa shape index (κ3) is 3.43. The molecule has 1 aliphatic rings. The maximum absolute atomic E-state index is 9.44. The Kier molecular flexibility index (Phi) is 4.55. The number of hydrogen-bond acceptors (Lipinski definition) is 4. The normalized spacial score (nSPS) is 21.6. The number of ether oxygens (including phenoxy) is 1. The van der Waals surface area contributed by atoms with Gasteiger partial charge in [0.05, 0.1) is 12.7 Å². The molecule has 0 amide bonds. The van der Waals surface area contributed by atoms with Crippen LogP contribution in [0.5, 0.6) is 0 Å². The van der Waals surface area contributed by atoms with E-state index in [1.807, 2.05) is 12.1 Å². The van der Waals surface area contributed by atoms with Crippen LogP contribution >= 0.6 is 0 Å². The summed E-state index contributed by atoms with van der Waals surface area (Å²) in [5, 5.41) is 9.44. The number of nitrogens with zero attached hydrogens (tertiary/aromatic N) is 2. The predicted octanol–water partition coefficient (Wildman–Crippen LogP) is 2.00. The molecule has 2 rings (SSSR count). The molecule has 0 aromatic carbocycles. The molecule has 2 heterocycles. The summed E-state index contributed by atoms with van der Waals surface area (Å²) in [6.07, 6.45) is 3.68. The van der Waals surface area contributed by atoms with Crippen LogP contribution in [0.3, 0.4) is 0 Å². The van der Waals surface area contributed by atoms with Crippen LogP contribution in [0.25, 0.3) is 0 Å². The molecular weight excluding hydrogens is 228 g/mol. The highest BCUT2D eigenvalue weighted by molar-refractivity contribution is 5.38. The first-order valence-corrected chi connectivity index (χ1v) is 6.59. The molecule has 0 saturated carbocycles. The molecule has 1 saturated heterocycles. The molecule has 100 valence electrons. The van der Waals surface area contributed by atoms with E-state index in [9.17, 15) is 5.11 Å². The van der Waals surface area contributed by atoms with E-state index in [1.54, 1.807) is 13.1 Å². The van der Waals surface area contributed by atoms with Crippen molar-refractivity contribution in [1.29, 1.82) is 0 Å². The number of anilines is 1. The topological polar surface area (TPSA) is 45.6 Å². The number of aromatic nitrogens is 1. The third-order valence-electron chi connectivity index (χ3n) is 3.43. The highest BCUT2D eigenvalue weighted by Gasteiger charge is 2.16. The zero-order valence-electron chi connectivity index (χ0n) is 11.2. The van der Waals surface area contributed by atoms with Crippen LogP contribution in [0.4, 0.5) is 5.82 Å². The van der Waals surface area contributed by atoms with Gasteiger partial charge in [-0.1, -0.05) is 6.07 Å². The van der Waals surface area contributed by atoms with Crippen molar-refractivity contribution < 1.29 is 9.84 Å². The van der Waals surface area contributed by atoms with Gasteiger partial charge in [-0.2, -0.15) is 0 Å². The lowest BCUT2D eigenvalue weighted by Crippen LogP contribution is -2.31. The number of aliphatic hydroxyl groups excluding tert-OH is 1. The maximum Gasteiger partial charge on any atom is 0.128 e. The monoisotopic (exact) mass is 250 g/mol. The second kappa shape index (κ2) is 6.16. The molecule has 0 aliphatic carbocycles. The van der Waals surface area contributed by atoms with Crippen LogP contribution in [0.15, 0.2) is 18.3 Å². The molecule has 0 spiro atoms. The van der Waals surface area contributed by atoms with Crippen LogP contribution in [-0.4, -0.2) is 36.9 Å². The van der Waals surface area contributed by atoms with E-state index in [4.69, 9.17) is 4.74 Å². The van der Waals surface area contributed by atoms with E-state index in [0.717, 1.165) is 37.6 Å². The molecule has 0 bridgehead atoms. The van der Waals surface area contributed by atoms with Gasteiger partial charge in [0, 0.05) is 26.4 Å². The van der Waals surface area contributed by atoms with Gasteiger partial charge in [-0.15, -0.1) is 0 Å². The first kappa shape index (κ1) is 13.3. The fraction of sp³-hybridized carbons (Fsp3) is 0.643. The Morgan fingerprint density at radius 1 is 1.56 bits per heavy atom. The summed E-state index contributed by atoms with van der Waals surface area (Å²) in [6.45, 7) is 4.48. The average Bonchev–Trinajstić information content (AvgIpc) is 2.40. The van der Waals surface area contributed by atoms with Crippen LogP contribution in [0.1, 0.15) is 31.4 Å². The quantitative estimate of drug-likeness (QED) is 0.887. The lowest BCUT2D eigenvalue weighted by atomic mass is 10.0. The molecule has 4 nitrogen and oxygen atoms in total. The minimum Gasteiger partial charge on any atom is -0.389 e. The second-order valence-corrected chi connectivity index (χ2v) is 5.09. The molecule has 1 aliphatic heterocycles. The van der Waals surface area contributed by atoms with Crippen LogP contribution in [0.2, 0.25) is 0 Å². The molecule has 0 radical (unpaired) electrons. The van der Waals surface area contributed by atoms with Gasteiger partial charge >= 0.3 is 0 Å². The summed E-state index contributed by atoms with van der Waals surface area (Å²) < 4.78 is 5.49. The summed E-state index contributed by atoms with van der Waals surface area (Å²) in [7, 11) is 2.05. The zero-order chi connectivity index (χ0) is 13.0. The summed E-state index contributed by atoms with van der Waals surface area (Å²) >= 11 is 0. The summed E-state index contributed by atoms with van der Waals surface area (Å²) in [6, 6.07) is 3.90. The lowest BCUT2D eigenvalue weighted by Gasteiger charge is -2.27. The molecule has 1 aromatic rings. The van der Waals surface area contributed by atoms with E-state index in [1.165, 1.54) is 6.42 Å². The highest BCUT2D eigenvalue weighted by Crippen LogP contribution is 2.19. The van der Waals surface area contributed by atoms with Crippen molar-refractivity contribution in [3.05, 3.63) is 23.9 Å². The minimum atomic E-state index is -0.455. The smallest absolute Gasteiger partial charge is 0.128 e. The van der Waals surface area contributed by atoms with Crippen molar-refractivity contribution in [3.63, 3.8) is 0 Å².